The highest BCUT2D eigenvalue weighted by Crippen LogP contribution is 2.46. The zero-order chi connectivity index (χ0) is 42.2. The van der Waals surface area contributed by atoms with E-state index in [1.165, 1.54) is 22.6 Å². The number of carboxylic acid groups (broad SMARTS) is 2. The lowest BCUT2D eigenvalue weighted by Gasteiger charge is -2.60. The summed E-state index contributed by atoms with van der Waals surface area (Å²) in [7, 11) is -2.04. The summed E-state index contributed by atoms with van der Waals surface area (Å²) in [6, 6.07) is 6.48. The largest absolute Gasteiger partial charge is 0.465 e. The van der Waals surface area contributed by atoms with E-state index in [1.54, 1.807) is 65.8 Å². The van der Waals surface area contributed by atoms with Gasteiger partial charge in [0.05, 0.1) is 19.4 Å². The number of imidazole rings is 1. The van der Waals surface area contributed by atoms with Crippen LogP contribution in [0.1, 0.15) is 85.5 Å². The summed E-state index contributed by atoms with van der Waals surface area (Å²) in [4.78, 5) is 64.8. The molecule has 5 rings (SSSR count). The minimum absolute atomic E-state index is 0.0703. The van der Waals surface area contributed by atoms with E-state index in [9.17, 15) is 37.8 Å². The minimum atomic E-state index is -3.32. The van der Waals surface area contributed by atoms with Crippen LogP contribution in [0.4, 0.5) is 20.1 Å². The number of methoxy groups -OCH3 is 1. The molecule has 0 bridgehead atoms. The van der Waals surface area contributed by atoms with E-state index >= 15 is 0 Å². The van der Waals surface area contributed by atoms with E-state index in [2.05, 4.69) is 20.4 Å². The van der Waals surface area contributed by atoms with E-state index in [0.29, 0.717) is 74.5 Å². The number of piperidine rings is 2. The summed E-state index contributed by atoms with van der Waals surface area (Å²) in [5.74, 6) is -1.41. The topological polar surface area (TPSA) is 218 Å². The third-order valence-electron chi connectivity index (χ3n) is 11.6. The summed E-state index contributed by atoms with van der Waals surface area (Å²) in [5.41, 5.74) is -0.229. The van der Waals surface area contributed by atoms with Crippen LogP contribution in [0.5, 0.6) is 0 Å². The van der Waals surface area contributed by atoms with Crippen LogP contribution in [0.2, 0.25) is 5.15 Å². The Morgan fingerprint density at radius 2 is 1.54 bits per heavy atom. The average molecular weight is 837 g/mol. The Morgan fingerprint density at radius 1 is 0.947 bits per heavy atom. The van der Waals surface area contributed by atoms with Gasteiger partial charge < -0.3 is 24.8 Å². The standard InChI is InChI=1S/C38H57ClN8O9S/c1-36(2,3)38(43-33(49)50,47(35(52)53)37(4,5)6)44-17-13-25(14-18-44)32(48)46-22-26(23-15-19-45(20-16-23)57(8,54)55)21-28(46)31-41-29(30(39)42-31)24-9-11-27(12-10-24)40-34(51)56-7/h9-12,23,25-26,28,43H,13-22H2,1-8H3,(H,40,51)(H,41,42)(H,49,50)(H,52,53)/t26-,28-,38?/m0/s1. The fourth-order valence-corrected chi connectivity index (χ4v) is 10.1. The number of benzene rings is 1. The summed E-state index contributed by atoms with van der Waals surface area (Å²) in [5, 5.41) is 26.2. The Morgan fingerprint density at radius 3 is 2.04 bits per heavy atom. The molecule has 1 unspecified atom stereocenters. The number of likely N-dealkylation sites (tertiary alicyclic amines) is 2. The average Bonchev–Trinajstić information content (AvgIpc) is 3.74. The SMILES string of the molecule is COC(=O)Nc1ccc(-c2nc([C@@H]3C[C@H](C4CCN(S(C)(=O)=O)CC4)CN3C(=O)C3CCN(C(NC(=O)O)(N(C(=O)O)C(C)(C)C)C(C)(C)C)CC3)[nH]c2Cl)cc1. The van der Waals surface area contributed by atoms with Crippen molar-refractivity contribution in [3.63, 3.8) is 0 Å². The predicted octanol–water partition coefficient (Wildman–Crippen LogP) is 5.93. The molecule has 2 aromatic rings. The molecule has 3 fully saturated rings. The molecule has 3 aliphatic heterocycles. The number of nitrogens with zero attached hydrogens (tertiary/aromatic N) is 5. The van der Waals surface area contributed by atoms with Gasteiger partial charge in [-0.15, -0.1) is 0 Å². The summed E-state index contributed by atoms with van der Waals surface area (Å²) < 4.78 is 30.7. The number of amides is 4. The van der Waals surface area contributed by atoms with E-state index in [1.807, 2.05) is 9.80 Å². The Bertz CT molecular complexity index is 1910. The van der Waals surface area contributed by atoms with Crippen molar-refractivity contribution in [3.05, 3.63) is 35.2 Å². The number of carbonyl (C=O) groups is 4. The number of aromatic amines is 1. The van der Waals surface area contributed by atoms with Gasteiger partial charge in [0, 0.05) is 60.8 Å². The van der Waals surface area contributed by atoms with Gasteiger partial charge in [0.2, 0.25) is 15.9 Å². The molecule has 4 amide bonds. The molecule has 17 nitrogen and oxygen atoms in total. The fraction of sp³-hybridized carbons (Fsp3) is 0.658. The van der Waals surface area contributed by atoms with Gasteiger partial charge in [-0.25, -0.2) is 32.1 Å². The van der Waals surface area contributed by atoms with Gasteiger partial charge in [0.1, 0.15) is 16.7 Å². The zero-order valence-corrected chi connectivity index (χ0v) is 35.5. The summed E-state index contributed by atoms with van der Waals surface area (Å²) in [6.45, 7) is 12.3. The van der Waals surface area contributed by atoms with E-state index in [0.717, 1.165) is 0 Å². The van der Waals surface area contributed by atoms with Crippen molar-refractivity contribution >= 4 is 51.5 Å². The van der Waals surface area contributed by atoms with Crippen LogP contribution >= 0.6 is 11.6 Å². The number of rotatable bonds is 9. The molecular weight excluding hydrogens is 780 g/mol. The van der Waals surface area contributed by atoms with E-state index in [-0.39, 0.29) is 36.0 Å². The van der Waals surface area contributed by atoms with Crippen molar-refractivity contribution in [1.82, 2.24) is 34.3 Å². The van der Waals surface area contributed by atoms with Crippen LogP contribution in [0.25, 0.3) is 11.3 Å². The number of ether oxygens (including phenoxy) is 1. The highest BCUT2D eigenvalue weighted by molar-refractivity contribution is 7.88. The van der Waals surface area contributed by atoms with Crippen molar-refractivity contribution in [2.45, 2.75) is 91.0 Å². The van der Waals surface area contributed by atoms with Gasteiger partial charge >= 0.3 is 18.3 Å². The number of anilines is 1. The summed E-state index contributed by atoms with van der Waals surface area (Å²) >= 11 is 6.76. The van der Waals surface area contributed by atoms with Gasteiger partial charge in [0.15, 0.2) is 5.79 Å². The number of hydrogen-bond acceptors (Lipinski definition) is 9. The van der Waals surface area contributed by atoms with Crippen LogP contribution in [0.15, 0.2) is 24.3 Å². The number of sulfonamides is 1. The van der Waals surface area contributed by atoms with Gasteiger partial charge in [-0.3, -0.25) is 25.2 Å². The van der Waals surface area contributed by atoms with Gasteiger partial charge in [-0.2, -0.15) is 0 Å². The van der Waals surface area contributed by atoms with Crippen molar-refractivity contribution in [2.24, 2.45) is 23.2 Å². The van der Waals surface area contributed by atoms with E-state index in [4.69, 9.17) is 16.6 Å². The van der Waals surface area contributed by atoms with Gasteiger partial charge in [0.25, 0.3) is 0 Å². The van der Waals surface area contributed by atoms with E-state index < -0.39 is 57.0 Å². The fourth-order valence-electron chi connectivity index (χ4n) is 9.01. The van der Waals surface area contributed by atoms with Gasteiger partial charge in [-0.1, -0.05) is 44.5 Å². The lowest BCUT2D eigenvalue weighted by Crippen LogP contribution is -2.80. The normalized spacial score (nSPS) is 21.8. The molecule has 3 saturated heterocycles. The zero-order valence-electron chi connectivity index (χ0n) is 34.0. The maximum absolute atomic E-state index is 14.7. The second-order valence-electron chi connectivity index (χ2n) is 17.4. The number of H-pyrrole nitrogens is 1. The highest BCUT2D eigenvalue weighted by atomic mass is 35.5. The van der Waals surface area contributed by atoms with Crippen LogP contribution in [0.3, 0.4) is 0 Å². The third kappa shape index (κ3) is 9.29. The Balaban J connectivity index is 1.43. The van der Waals surface area contributed by atoms with Crippen molar-refractivity contribution in [3.8, 4) is 11.3 Å². The molecule has 4 heterocycles. The number of nitrogens with one attached hydrogen (secondary N) is 3. The molecule has 1 aromatic heterocycles. The maximum Gasteiger partial charge on any atom is 0.411 e. The monoisotopic (exact) mass is 836 g/mol. The Labute approximate surface area is 339 Å². The van der Waals surface area contributed by atoms with Crippen LogP contribution in [0, 0.1) is 23.2 Å². The number of aromatic nitrogens is 2. The number of hydrogen-bond donors (Lipinski definition) is 5. The van der Waals surface area contributed by atoms with Crippen molar-refractivity contribution in [1.29, 1.82) is 0 Å². The van der Waals surface area contributed by atoms with Crippen LogP contribution < -0.4 is 10.6 Å². The molecule has 316 valence electrons. The maximum atomic E-state index is 14.7. The third-order valence-corrected chi connectivity index (χ3v) is 13.2. The first kappa shape index (κ1) is 44.0. The smallest absolute Gasteiger partial charge is 0.411 e. The quantitative estimate of drug-likeness (QED) is 0.187. The molecule has 5 N–H and O–H groups in total. The Hall–Kier alpha value is -4.13. The van der Waals surface area contributed by atoms with Crippen LogP contribution in [-0.2, 0) is 19.6 Å². The molecule has 57 heavy (non-hydrogen) atoms. The molecule has 0 radical (unpaired) electrons. The Kier molecular flexibility index (Phi) is 12.8. The first-order valence-electron chi connectivity index (χ1n) is 19.2. The second kappa shape index (κ2) is 16.6. The van der Waals surface area contributed by atoms with Crippen molar-refractivity contribution in [2.75, 3.05) is 51.4 Å². The molecule has 1 aromatic carbocycles. The van der Waals surface area contributed by atoms with Crippen molar-refractivity contribution < 1.29 is 42.5 Å². The first-order chi connectivity index (χ1) is 26.5. The van der Waals surface area contributed by atoms with Crippen LogP contribution in [-0.4, -0.2) is 129 Å². The first-order valence-corrected chi connectivity index (χ1v) is 21.5. The molecule has 19 heteroatoms. The summed E-state index contributed by atoms with van der Waals surface area (Å²) in [6.07, 6.45) is 0.610. The lowest BCUT2D eigenvalue weighted by molar-refractivity contribution is -0.172. The number of carbonyl (C=O) groups excluding carboxylic acids is 2. The molecule has 0 aliphatic carbocycles. The second-order valence-corrected chi connectivity index (χ2v) is 19.7. The lowest BCUT2D eigenvalue weighted by atomic mass is 9.80. The molecule has 0 spiro atoms. The molecule has 3 aliphatic rings. The molecular formula is C38H57ClN8O9S. The predicted molar refractivity (Wildman–Crippen MR) is 214 cm³/mol. The van der Waals surface area contributed by atoms with Gasteiger partial charge in [-0.05, 0) is 76.8 Å². The molecule has 0 saturated carbocycles. The molecule has 3 atom stereocenters. The number of halogens is 1. The minimum Gasteiger partial charge on any atom is -0.465 e. The highest BCUT2D eigenvalue weighted by Gasteiger charge is 2.59.